The molecule has 0 aliphatic rings. The standard InChI is InChI=1S/C20H18FN3O2S2/c1-2-22-16(25)12-27-20-23-17(13-8-4-3-5-9-13)19(28-20)24-18(26)14-10-6-7-11-15(14)21/h3-11H,2,12H2,1H3,(H,22,25)(H,24,26). The van der Waals surface area contributed by atoms with Crippen molar-refractivity contribution >= 4 is 39.9 Å². The van der Waals surface area contributed by atoms with E-state index in [0.717, 1.165) is 5.56 Å². The van der Waals surface area contributed by atoms with Crippen LogP contribution in [0, 0.1) is 5.82 Å². The lowest BCUT2D eigenvalue weighted by Crippen LogP contribution is -2.24. The number of amides is 2. The Morgan fingerprint density at radius 2 is 1.82 bits per heavy atom. The zero-order valence-electron chi connectivity index (χ0n) is 15.1. The van der Waals surface area contributed by atoms with Crippen molar-refractivity contribution in [3.05, 3.63) is 66.0 Å². The molecule has 28 heavy (non-hydrogen) atoms. The molecule has 2 aromatic carbocycles. The number of nitrogens with zero attached hydrogens (tertiary/aromatic N) is 1. The van der Waals surface area contributed by atoms with Crippen molar-refractivity contribution in [1.29, 1.82) is 0 Å². The van der Waals surface area contributed by atoms with Crippen LogP contribution in [0.3, 0.4) is 0 Å². The molecule has 3 aromatic rings. The summed E-state index contributed by atoms with van der Waals surface area (Å²) < 4.78 is 14.6. The zero-order valence-corrected chi connectivity index (χ0v) is 16.7. The van der Waals surface area contributed by atoms with Gasteiger partial charge in [-0.15, -0.1) is 0 Å². The Balaban J connectivity index is 1.86. The van der Waals surface area contributed by atoms with E-state index in [1.165, 1.54) is 41.3 Å². The van der Waals surface area contributed by atoms with Crippen LogP contribution in [-0.4, -0.2) is 29.1 Å². The van der Waals surface area contributed by atoms with Gasteiger partial charge in [0.2, 0.25) is 5.91 Å². The number of benzene rings is 2. The molecule has 0 bridgehead atoms. The number of hydrogen-bond acceptors (Lipinski definition) is 5. The summed E-state index contributed by atoms with van der Waals surface area (Å²) in [6.07, 6.45) is 0. The molecule has 1 heterocycles. The summed E-state index contributed by atoms with van der Waals surface area (Å²) in [5.74, 6) is -0.979. The van der Waals surface area contributed by atoms with Crippen molar-refractivity contribution in [3.63, 3.8) is 0 Å². The van der Waals surface area contributed by atoms with Crippen molar-refractivity contribution in [3.8, 4) is 11.3 Å². The van der Waals surface area contributed by atoms with Gasteiger partial charge in [0.05, 0.1) is 11.3 Å². The van der Waals surface area contributed by atoms with Crippen LogP contribution >= 0.6 is 23.1 Å². The molecule has 2 amide bonds. The normalized spacial score (nSPS) is 10.5. The van der Waals surface area contributed by atoms with Crippen LogP contribution < -0.4 is 10.6 Å². The monoisotopic (exact) mass is 415 g/mol. The van der Waals surface area contributed by atoms with E-state index < -0.39 is 11.7 Å². The second-order valence-corrected chi connectivity index (χ2v) is 7.92. The molecule has 0 aliphatic carbocycles. The predicted molar refractivity (Wildman–Crippen MR) is 111 cm³/mol. The van der Waals surface area contributed by atoms with Crippen LogP contribution in [-0.2, 0) is 4.79 Å². The van der Waals surface area contributed by atoms with Crippen LogP contribution in [0.4, 0.5) is 9.39 Å². The zero-order chi connectivity index (χ0) is 19.9. The highest BCUT2D eigenvalue weighted by Gasteiger charge is 2.19. The van der Waals surface area contributed by atoms with Gasteiger partial charge in [-0.2, -0.15) is 0 Å². The number of thiazole rings is 1. The number of aromatic nitrogens is 1. The average Bonchev–Trinajstić information content (AvgIpc) is 3.10. The number of carbonyl (C=O) groups is 2. The largest absolute Gasteiger partial charge is 0.356 e. The Morgan fingerprint density at radius 3 is 2.54 bits per heavy atom. The van der Waals surface area contributed by atoms with Crippen molar-refractivity contribution in [2.45, 2.75) is 11.3 Å². The fraction of sp³-hybridized carbons (Fsp3) is 0.150. The van der Waals surface area contributed by atoms with E-state index in [1.54, 1.807) is 6.07 Å². The first-order valence-corrected chi connectivity index (χ1v) is 10.4. The van der Waals surface area contributed by atoms with Crippen molar-refractivity contribution < 1.29 is 14.0 Å². The molecule has 144 valence electrons. The third-order valence-corrected chi connectivity index (χ3v) is 5.81. The number of nitrogens with one attached hydrogen (secondary N) is 2. The Bertz CT molecular complexity index is 977. The lowest BCUT2D eigenvalue weighted by atomic mass is 10.1. The number of hydrogen-bond donors (Lipinski definition) is 2. The average molecular weight is 416 g/mol. The molecule has 8 heteroatoms. The Kier molecular flexibility index (Phi) is 6.78. The molecule has 0 aliphatic heterocycles. The van der Waals surface area contributed by atoms with Gasteiger partial charge in [0.1, 0.15) is 16.5 Å². The molecule has 0 atom stereocenters. The summed E-state index contributed by atoms with van der Waals surface area (Å²) in [6, 6.07) is 15.2. The van der Waals surface area contributed by atoms with Crippen molar-refractivity contribution in [1.82, 2.24) is 10.3 Å². The van der Waals surface area contributed by atoms with Crippen LogP contribution in [0.25, 0.3) is 11.3 Å². The lowest BCUT2D eigenvalue weighted by Gasteiger charge is -2.06. The van der Waals surface area contributed by atoms with Gasteiger partial charge in [-0.05, 0) is 19.1 Å². The minimum atomic E-state index is -0.586. The van der Waals surface area contributed by atoms with Gasteiger partial charge in [-0.1, -0.05) is 65.6 Å². The van der Waals surface area contributed by atoms with Gasteiger partial charge in [-0.3, -0.25) is 9.59 Å². The maximum absolute atomic E-state index is 13.9. The number of rotatable bonds is 7. The summed E-state index contributed by atoms with van der Waals surface area (Å²) in [4.78, 5) is 28.8. The van der Waals surface area contributed by atoms with Crippen LogP contribution in [0.15, 0.2) is 58.9 Å². The maximum Gasteiger partial charge on any atom is 0.259 e. The van der Waals surface area contributed by atoms with Crippen molar-refractivity contribution in [2.24, 2.45) is 0 Å². The van der Waals surface area contributed by atoms with E-state index in [-0.39, 0.29) is 17.2 Å². The summed E-state index contributed by atoms with van der Waals surface area (Å²) >= 11 is 2.55. The Labute approximate surface area is 170 Å². The molecule has 0 radical (unpaired) electrons. The fourth-order valence-corrected chi connectivity index (χ4v) is 4.32. The number of carbonyl (C=O) groups excluding carboxylic acids is 2. The molecule has 5 nitrogen and oxygen atoms in total. The van der Waals surface area contributed by atoms with Gasteiger partial charge in [0.25, 0.3) is 5.91 Å². The molecule has 0 spiro atoms. The second-order valence-electron chi connectivity index (χ2n) is 5.70. The van der Waals surface area contributed by atoms with Crippen LogP contribution in [0.2, 0.25) is 0 Å². The minimum absolute atomic E-state index is 0.0357. The van der Waals surface area contributed by atoms with Gasteiger partial charge < -0.3 is 10.6 Å². The first kappa shape index (κ1) is 20.0. The first-order chi connectivity index (χ1) is 13.6. The summed E-state index contributed by atoms with van der Waals surface area (Å²) in [6.45, 7) is 2.42. The Hall–Kier alpha value is -2.71. The predicted octanol–water partition coefficient (Wildman–Crippen LogP) is 4.43. The maximum atomic E-state index is 13.9. The molecule has 0 fully saturated rings. The molecular formula is C20H18FN3O2S2. The fourth-order valence-electron chi connectivity index (χ4n) is 2.43. The third-order valence-electron chi connectivity index (χ3n) is 3.70. The molecular weight excluding hydrogens is 397 g/mol. The minimum Gasteiger partial charge on any atom is -0.356 e. The lowest BCUT2D eigenvalue weighted by molar-refractivity contribution is -0.118. The summed E-state index contributed by atoms with van der Waals surface area (Å²) in [5.41, 5.74) is 1.38. The van der Waals surface area contributed by atoms with Gasteiger partial charge in [0, 0.05) is 12.1 Å². The first-order valence-electron chi connectivity index (χ1n) is 8.60. The summed E-state index contributed by atoms with van der Waals surface area (Å²) in [5, 5.41) is 6.01. The Morgan fingerprint density at radius 1 is 1.11 bits per heavy atom. The van der Waals surface area contributed by atoms with Crippen LogP contribution in [0.1, 0.15) is 17.3 Å². The molecule has 0 saturated heterocycles. The van der Waals surface area contributed by atoms with E-state index in [1.807, 2.05) is 37.3 Å². The highest BCUT2D eigenvalue weighted by atomic mass is 32.2. The van der Waals surface area contributed by atoms with Crippen LogP contribution in [0.5, 0.6) is 0 Å². The topological polar surface area (TPSA) is 71.1 Å². The number of halogens is 1. The van der Waals surface area contributed by atoms with E-state index in [9.17, 15) is 14.0 Å². The van der Waals surface area contributed by atoms with Gasteiger partial charge >= 0.3 is 0 Å². The highest BCUT2D eigenvalue weighted by Crippen LogP contribution is 2.37. The molecule has 1 aromatic heterocycles. The van der Waals surface area contributed by atoms with Gasteiger partial charge in [0.15, 0.2) is 4.34 Å². The second kappa shape index (κ2) is 9.48. The van der Waals surface area contributed by atoms with E-state index in [4.69, 9.17) is 0 Å². The van der Waals surface area contributed by atoms with E-state index >= 15 is 0 Å². The molecule has 2 N–H and O–H groups in total. The summed E-state index contributed by atoms with van der Waals surface area (Å²) in [7, 11) is 0. The molecule has 0 unspecified atom stereocenters. The van der Waals surface area contributed by atoms with E-state index in [0.29, 0.717) is 21.6 Å². The third kappa shape index (κ3) is 4.96. The highest BCUT2D eigenvalue weighted by molar-refractivity contribution is 8.01. The number of anilines is 1. The van der Waals surface area contributed by atoms with Crippen molar-refractivity contribution in [2.75, 3.05) is 17.6 Å². The smallest absolute Gasteiger partial charge is 0.259 e. The quantitative estimate of drug-likeness (QED) is 0.560. The molecule has 0 saturated carbocycles. The molecule has 3 rings (SSSR count). The van der Waals surface area contributed by atoms with E-state index in [2.05, 4.69) is 15.6 Å². The van der Waals surface area contributed by atoms with Gasteiger partial charge in [-0.25, -0.2) is 9.37 Å². The number of thioether (sulfide) groups is 1. The SMILES string of the molecule is CCNC(=O)CSc1nc(-c2ccccc2)c(NC(=O)c2ccccc2F)s1.